The smallest absolute Gasteiger partial charge is 0.113 e. The Morgan fingerprint density at radius 3 is 2.23 bits per heavy atom. The average Bonchev–Trinajstić information content (AvgIpc) is 2.41. The van der Waals surface area contributed by atoms with Gasteiger partial charge in [-0.2, -0.15) is 0 Å². The standard InChI is InChI=1S/C8H15BO4/c1-10-4-5-6(11-2)7(12-3)8(9)13-5/h5-8H,4H2,1-3H3/t5-,6-,7-,8-/m1/s1. The SMILES string of the molecule is [B][C@@H]1O[C@H](COC)[C@@H](OC)[C@H]1OC. The maximum absolute atomic E-state index is 5.69. The first-order chi connectivity index (χ1) is 6.24. The highest BCUT2D eigenvalue weighted by molar-refractivity contribution is 6.11. The highest BCUT2D eigenvalue weighted by Crippen LogP contribution is 2.24. The Morgan fingerprint density at radius 1 is 1.15 bits per heavy atom. The van der Waals surface area contributed by atoms with Gasteiger partial charge in [0.2, 0.25) is 0 Å². The molecule has 0 saturated carbocycles. The van der Waals surface area contributed by atoms with Gasteiger partial charge in [-0.15, -0.1) is 0 Å². The third-order valence-corrected chi connectivity index (χ3v) is 2.22. The molecule has 4 atom stereocenters. The van der Waals surface area contributed by atoms with Crippen LogP contribution in [0.1, 0.15) is 0 Å². The Balaban J connectivity index is 2.57. The van der Waals surface area contributed by atoms with Gasteiger partial charge in [0.1, 0.15) is 26.2 Å². The Bertz CT molecular complexity index is 155. The van der Waals surface area contributed by atoms with Crippen LogP contribution in [-0.4, -0.2) is 60.1 Å². The van der Waals surface area contributed by atoms with Crippen molar-refractivity contribution in [1.29, 1.82) is 0 Å². The van der Waals surface area contributed by atoms with Crippen LogP contribution in [0.3, 0.4) is 0 Å². The fourth-order valence-electron chi connectivity index (χ4n) is 1.61. The van der Waals surface area contributed by atoms with Crippen LogP contribution in [0.15, 0.2) is 0 Å². The van der Waals surface area contributed by atoms with Crippen molar-refractivity contribution in [3.05, 3.63) is 0 Å². The van der Waals surface area contributed by atoms with Crippen LogP contribution < -0.4 is 0 Å². The van der Waals surface area contributed by atoms with Crippen LogP contribution in [0.25, 0.3) is 0 Å². The molecule has 1 saturated heterocycles. The second kappa shape index (κ2) is 4.95. The van der Waals surface area contributed by atoms with Crippen molar-refractivity contribution in [2.45, 2.75) is 24.3 Å². The van der Waals surface area contributed by atoms with E-state index in [4.69, 9.17) is 26.8 Å². The molecule has 5 heteroatoms. The molecule has 2 radical (unpaired) electrons. The first-order valence-corrected chi connectivity index (χ1v) is 4.20. The summed E-state index contributed by atoms with van der Waals surface area (Å²) < 4.78 is 20.8. The van der Waals surface area contributed by atoms with Gasteiger partial charge in [0.05, 0.1) is 6.61 Å². The monoisotopic (exact) mass is 186 g/mol. The topological polar surface area (TPSA) is 36.9 Å². The minimum absolute atomic E-state index is 0.144. The van der Waals surface area contributed by atoms with Gasteiger partial charge in [-0.25, -0.2) is 0 Å². The van der Waals surface area contributed by atoms with E-state index in [1.807, 2.05) is 0 Å². The minimum atomic E-state index is -0.435. The van der Waals surface area contributed by atoms with E-state index in [0.29, 0.717) is 6.61 Å². The van der Waals surface area contributed by atoms with Gasteiger partial charge >= 0.3 is 0 Å². The molecule has 74 valence electrons. The van der Waals surface area contributed by atoms with Crippen LogP contribution in [0.5, 0.6) is 0 Å². The number of hydrogen-bond donors (Lipinski definition) is 0. The molecule has 1 rings (SSSR count). The largest absolute Gasteiger partial charge is 0.382 e. The number of methoxy groups -OCH3 is 3. The van der Waals surface area contributed by atoms with Crippen LogP contribution in [0.4, 0.5) is 0 Å². The Hall–Kier alpha value is -0.0951. The molecule has 1 aliphatic heterocycles. The lowest BCUT2D eigenvalue weighted by molar-refractivity contribution is -0.0463. The molecule has 0 aromatic rings. The van der Waals surface area contributed by atoms with Crippen LogP contribution >= 0.6 is 0 Å². The maximum atomic E-state index is 5.69. The summed E-state index contributed by atoms with van der Waals surface area (Å²) in [7, 11) is 10.5. The maximum Gasteiger partial charge on any atom is 0.113 e. The van der Waals surface area contributed by atoms with Crippen molar-refractivity contribution in [3.63, 3.8) is 0 Å². The van der Waals surface area contributed by atoms with E-state index in [-0.39, 0.29) is 18.3 Å². The molecule has 1 aliphatic rings. The summed E-state index contributed by atoms with van der Waals surface area (Å²) in [6, 6.07) is -0.435. The summed E-state index contributed by atoms with van der Waals surface area (Å²) in [4.78, 5) is 0. The highest BCUT2D eigenvalue weighted by atomic mass is 16.6. The van der Waals surface area contributed by atoms with Crippen LogP contribution in [0, 0.1) is 0 Å². The van der Waals surface area contributed by atoms with Gasteiger partial charge in [-0.3, -0.25) is 0 Å². The van der Waals surface area contributed by atoms with E-state index in [0.717, 1.165) is 0 Å². The lowest BCUT2D eigenvalue weighted by atomic mass is 9.93. The molecular weight excluding hydrogens is 171 g/mol. The fraction of sp³-hybridized carbons (Fsp3) is 1.00. The summed E-state index contributed by atoms with van der Waals surface area (Å²) in [6.45, 7) is 0.464. The quantitative estimate of drug-likeness (QED) is 0.557. The molecule has 0 unspecified atom stereocenters. The molecular formula is C8H15BO4. The van der Waals surface area contributed by atoms with Gasteiger partial charge in [0, 0.05) is 27.3 Å². The lowest BCUT2D eigenvalue weighted by Crippen LogP contribution is -2.37. The van der Waals surface area contributed by atoms with E-state index in [1.54, 1.807) is 21.3 Å². The van der Waals surface area contributed by atoms with E-state index in [2.05, 4.69) is 0 Å². The zero-order valence-corrected chi connectivity index (χ0v) is 8.23. The van der Waals surface area contributed by atoms with Crippen molar-refractivity contribution < 1.29 is 18.9 Å². The van der Waals surface area contributed by atoms with E-state index < -0.39 is 6.00 Å². The molecule has 0 aromatic carbocycles. The average molecular weight is 186 g/mol. The first-order valence-electron chi connectivity index (χ1n) is 4.20. The molecule has 0 N–H and O–H groups in total. The first kappa shape index (κ1) is 11.0. The van der Waals surface area contributed by atoms with Gasteiger partial charge in [0.15, 0.2) is 0 Å². The number of hydrogen-bond acceptors (Lipinski definition) is 4. The van der Waals surface area contributed by atoms with Crippen LogP contribution in [0.2, 0.25) is 0 Å². The summed E-state index contributed by atoms with van der Waals surface area (Å²) in [5, 5.41) is 0. The second-order valence-corrected chi connectivity index (χ2v) is 3.00. The van der Waals surface area contributed by atoms with Gasteiger partial charge < -0.3 is 18.9 Å². The van der Waals surface area contributed by atoms with E-state index >= 15 is 0 Å². The van der Waals surface area contributed by atoms with Gasteiger partial charge in [0.25, 0.3) is 0 Å². The molecule has 4 nitrogen and oxygen atoms in total. The summed E-state index contributed by atoms with van der Waals surface area (Å²) in [5.41, 5.74) is 0. The summed E-state index contributed by atoms with van der Waals surface area (Å²) >= 11 is 0. The number of ether oxygens (including phenoxy) is 4. The van der Waals surface area contributed by atoms with E-state index in [1.165, 1.54) is 0 Å². The fourth-order valence-corrected chi connectivity index (χ4v) is 1.61. The third-order valence-electron chi connectivity index (χ3n) is 2.22. The predicted molar refractivity (Wildman–Crippen MR) is 47.9 cm³/mol. The summed E-state index contributed by atoms with van der Waals surface area (Å²) in [6.07, 6.45) is -0.514. The minimum Gasteiger partial charge on any atom is -0.382 e. The molecule has 13 heavy (non-hydrogen) atoms. The van der Waals surface area contributed by atoms with E-state index in [9.17, 15) is 0 Å². The van der Waals surface area contributed by atoms with Crippen molar-refractivity contribution in [1.82, 2.24) is 0 Å². The zero-order chi connectivity index (χ0) is 9.84. The highest BCUT2D eigenvalue weighted by Gasteiger charge is 2.42. The zero-order valence-electron chi connectivity index (χ0n) is 8.23. The van der Waals surface area contributed by atoms with Crippen molar-refractivity contribution in [3.8, 4) is 0 Å². The Kier molecular flexibility index (Phi) is 4.19. The van der Waals surface area contributed by atoms with Crippen molar-refractivity contribution in [2.75, 3.05) is 27.9 Å². The Morgan fingerprint density at radius 2 is 1.77 bits per heavy atom. The van der Waals surface area contributed by atoms with Crippen molar-refractivity contribution >= 4 is 7.85 Å². The third kappa shape index (κ3) is 2.23. The van der Waals surface area contributed by atoms with Crippen molar-refractivity contribution in [2.24, 2.45) is 0 Å². The molecule has 0 bridgehead atoms. The molecule has 0 spiro atoms. The molecule has 1 heterocycles. The van der Waals surface area contributed by atoms with Gasteiger partial charge in [-0.05, 0) is 0 Å². The summed E-state index contributed by atoms with van der Waals surface area (Å²) in [5.74, 6) is 0. The predicted octanol–water partition coefficient (Wildman–Crippen LogP) is -0.444. The molecule has 0 amide bonds. The van der Waals surface area contributed by atoms with Crippen LogP contribution in [-0.2, 0) is 18.9 Å². The molecule has 0 aliphatic carbocycles. The number of rotatable bonds is 4. The molecule has 1 fully saturated rings. The second-order valence-electron chi connectivity index (χ2n) is 3.00. The Labute approximate surface area is 79.9 Å². The van der Waals surface area contributed by atoms with Gasteiger partial charge in [-0.1, -0.05) is 0 Å². The normalized spacial score (nSPS) is 39.6. The lowest BCUT2D eigenvalue weighted by Gasteiger charge is -2.20. The molecule has 0 aromatic heterocycles.